The number of benzene rings is 2. The molecule has 5 nitrogen and oxygen atoms in total. The largest absolute Gasteiger partial charge is 0.492 e. The van der Waals surface area contributed by atoms with Gasteiger partial charge in [-0.25, -0.2) is 0 Å². The number of rotatable bonds is 4. The van der Waals surface area contributed by atoms with Gasteiger partial charge in [-0.05, 0) is 32.0 Å². The monoisotopic (exact) mass is 318 g/mol. The Morgan fingerprint density at radius 3 is 2.67 bits per heavy atom. The number of anilines is 3. The van der Waals surface area contributed by atoms with Gasteiger partial charge in [-0.3, -0.25) is 4.98 Å². The Morgan fingerprint density at radius 2 is 2.00 bits per heavy atom. The molecule has 3 N–H and O–H groups in total. The quantitative estimate of drug-likeness (QED) is 0.706. The molecule has 0 saturated carbocycles. The summed E-state index contributed by atoms with van der Waals surface area (Å²) in [5, 5.41) is 13.7. The van der Waals surface area contributed by atoms with Crippen molar-refractivity contribution in [3.05, 3.63) is 53.7 Å². The lowest BCUT2D eigenvalue weighted by Crippen LogP contribution is -2.02. The standard InChI is InChI=1S/C19H18N4O/c1-3-24-18-10-17-14(9-16(18)21)19(15(11-20)12(2)22-17)23-13-7-5-4-6-8-13/h4-10H,3,21H2,1-2H3,(H,22,23). The minimum absolute atomic E-state index is 0.509. The molecular formula is C19H18N4O. The highest BCUT2D eigenvalue weighted by molar-refractivity contribution is 5.99. The maximum absolute atomic E-state index is 9.56. The topological polar surface area (TPSA) is 84.0 Å². The lowest BCUT2D eigenvalue weighted by Gasteiger charge is -2.15. The minimum Gasteiger partial charge on any atom is -0.492 e. The summed E-state index contributed by atoms with van der Waals surface area (Å²) < 4.78 is 5.55. The van der Waals surface area contributed by atoms with Gasteiger partial charge in [-0.2, -0.15) is 5.26 Å². The molecule has 0 saturated heterocycles. The average Bonchev–Trinajstić information content (AvgIpc) is 2.58. The van der Waals surface area contributed by atoms with Crippen molar-refractivity contribution in [3.8, 4) is 11.8 Å². The summed E-state index contributed by atoms with van der Waals surface area (Å²) in [4.78, 5) is 4.53. The van der Waals surface area contributed by atoms with Crippen molar-refractivity contribution >= 4 is 28.0 Å². The zero-order chi connectivity index (χ0) is 17.1. The van der Waals surface area contributed by atoms with Crippen LogP contribution < -0.4 is 15.8 Å². The fourth-order valence-electron chi connectivity index (χ4n) is 2.64. The number of aromatic nitrogens is 1. The van der Waals surface area contributed by atoms with Crippen molar-refractivity contribution in [2.45, 2.75) is 13.8 Å². The highest BCUT2D eigenvalue weighted by Crippen LogP contribution is 2.35. The van der Waals surface area contributed by atoms with Gasteiger partial charge < -0.3 is 15.8 Å². The number of ether oxygens (including phenoxy) is 1. The number of aryl methyl sites for hydroxylation is 1. The van der Waals surface area contributed by atoms with E-state index in [4.69, 9.17) is 10.5 Å². The van der Waals surface area contributed by atoms with Crippen LogP contribution in [0.5, 0.6) is 5.75 Å². The number of nitrogens with two attached hydrogens (primary N) is 1. The summed E-state index contributed by atoms with van der Waals surface area (Å²) in [6.45, 7) is 4.26. The molecule has 5 heteroatoms. The number of hydrogen-bond acceptors (Lipinski definition) is 5. The van der Waals surface area contributed by atoms with Crippen LogP contribution in [0.4, 0.5) is 17.1 Å². The van der Waals surface area contributed by atoms with Crippen LogP contribution >= 0.6 is 0 Å². The summed E-state index contributed by atoms with van der Waals surface area (Å²) in [6, 6.07) is 15.6. The lowest BCUT2D eigenvalue weighted by molar-refractivity contribution is 0.342. The lowest BCUT2D eigenvalue weighted by atomic mass is 10.1. The highest BCUT2D eigenvalue weighted by atomic mass is 16.5. The van der Waals surface area contributed by atoms with Crippen molar-refractivity contribution in [1.82, 2.24) is 4.98 Å². The molecule has 0 aliphatic carbocycles. The molecule has 0 bridgehead atoms. The number of para-hydroxylation sites is 1. The first-order valence-electron chi connectivity index (χ1n) is 7.72. The summed E-state index contributed by atoms with van der Waals surface area (Å²) >= 11 is 0. The Bertz CT molecular complexity index is 930. The van der Waals surface area contributed by atoms with E-state index in [1.807, 2.05) is 50.2 Å². The van der Waals surface area contributed by atoms with Crippen LogP contribution in [0.25, 0.3) is 10.9 Å². The normalized spacial score (nSPS) is 10.4. The second-order valence-electron chi connectivity index (χ2n) is 5.39. The van der Waals surface area contributed by atoms with Crippen LogP contribution in [-0.2, 0) is 0 Å². The third-order valence-corrected chi connectivity index (χ3v) is 3.75. The van der Waals surface area contributed by atoms with Crippen LogP contribution in [0.2, 0.25) is 0 Å². The average molecular weight is 318 g/mol. The Labute approximate surface area is 140 Å². The number of nitriles is 1. The van der Waals surface area contributed by atoms with Gasteiger partial charge in [-0.15, -0.1) is 0 Å². The maximum atomic E-state index is 9.56. The Hall–Kier alpha value is -3.26. The third kappa shape index (κ3) is 2.82. The van der Waals surface area contributed by atoms with Crippen LogP contribution in [0.3, 0.4) is 0 Å². The van der Waals surface area contributed by atoms with Gasteiger partial charge >= 0.3 is 0 Å². The molecule has 24 heavy (non-hydrogen) atoms. The highest BCUT2D eigenvalue weighted by Gasteiger charge is 2.15. The van der Waals surface area contributed by atoms with E-state index in [0.717, 1.165) is 16.6 Å². The summed E-state index contributed by atoms with van der Waals surface area (Å²) in [7, 11) is 0. The van der Waals surface area contributed by atoms with Gasteiger partial charge in [0.15, 0.2) is 0 Å². The SMILES string of the molecule is CCOc1cc2nc(C)c(C#N)c(Nc3ccccc3)c2cc1N. The molecule has 2 aromatic carbocycles. The molecule has 3 rings (SSSR count). The van der Waals surface area contributed by atoms with E-state index in [0.29, 0.717) is 35.0 Å². The van der Waals surface area contributed by atoms with Crippen LogP contribution in [-0.4, -0.2) is 11.6 Å². The fraction of sp³-hybridized carbons (Fsp3) is 0.158. The van der Waals surface area contributed by atoms with Crippen LogP contribution in [0.15, 0.2) is 42.5 Å². The molecule has 0 aliphatic heterocycles. The van der Waals surface area contributed by atoms with Crippen molar-refractivity contribution in [1.29, 1.82) is 5.26 Å². The van der Waals surface area contributed by atoms with E-state index >= 15 is 0 Å². The number of hydrogen-bond donors (Lipinski definition) is 2. The number of pyridine rings is 1. The zero-order valence-corrected chi connectivity index (χ0v) is 13.6. The molecule has 0 radical (unpaired) electrons. The van der Waals surface area contributed by atoms with Crippen LogP contribution in [0, 0.1) is 18.3 Å². The minimum atomic E-state index is 0.509. The van der Waals surface area contributed by atoms with Crippen molar-refractivity contribution in [2.24, 2.45) is 0 Å². The molecule has 0 amide bonds. The van der Waals surface area contributed by atoms with E-state index in [1.54, 1.807) is 6.07 Å². The van der Waals surface area contributed by atoms with E-state index < -0.39 is 0 Å². The third-order valence-electron chi connectivity index (χ3n) is 3.75. The van der Waals surface area contributed by atoms with E-state index in [9.17, 15) is 5.26 Å². The Morgan fingerprint density at radius 1 is 1.25 bits per heavy atom. The van der Waals surface area contributed by atoms with Crippen molar-refractivity contribution in [3.63, 3.8) is 0 Å². The summed E-state index contributed by atoms with van der Waals surface area (Å²) in [6.07, 6.45) is 0. The molecule has 1 heterocycles. The Kier molecular flexibility index (Phi) is 4.21. The second kappa shape index (κ2) is 6.47. The molecule has 0 fully saturated rings. The first-order valence-corrected chi connectivity index (χ1v) is 7.72. The molecule has 0 spiro atoms. The van der Waals surface area contributed by atoms with Gasteiger partial charge in [0.2, 0.25) is 0 Å². The first kappa shape index (κ1) is 15.6. The van der Waals surface area contributed by atoms with Crippen molar-refractivity contribution < 1.29 is 4.74 Å². The predicted octanol–water partition coefficient (Wildman–Crippen LogP) is 4.14. The summed E-state index contributed by atoms with van der Waals surface area (Å²) in [5.74, 6) is 0.604. The second-order valence-corrected chi connectivity index (χ2v) is 5.39. The van der Waals surface area contributed by atoms with Gasteiger partial charge in [0, 0.05) is 17.1 Å². The summed E-state index contributed by atoms with van der Waals surface area (Å²) in [5.41, 5.74) is 10.1. The number of nitrogens with zero attached hydrogens (tertiary/aromatic N) is 2. The smallest absolute Gasteiger partial charge is 0.144 e. The van der Waals surface area contributed by atoms with Gasteiger partial charge in [0.05, 0.1) is 34.8 Å². The number of nitrogen functional groups attached to an aromatic ring is 1. The molecule has 3 aromatic rings. The number of fused-ring (bicyclic) bond motifs is 1. The predicted molar refractivity (Wildman–Crippen MR) is 96.5 cm³/mol. The molecule has 1 aromatic heterocycles. The van der Waals surface area contributed by atoms with Gasteiger partial charge in [-0.1, -0.05) is 18.2 Å². The number of nitrogens with one attached hydrogen (secondary N) is 1. The molecule has 0 atom stereocenters. The van der Waals surface area contributed by atoms with Crippen LogP contribution in [0.1, 0.15) is 18.2 Å². The van der Waals surface area contributed by atoms with Gasteiger partial charge in [0.25, 0.3) is 0 Å². The van der Waals surface area contributed by atoms with Gasteiger partial charge in [0.1, 0.15) is 11.8 Å². The zero-order valence-electron chi connectivity index (χ0n) is 13.6. The van der Waals surface area contributed by atoms with E-state index in [2.05, 4.69) is 16.4 Å². The van der Waals surface area contributed by atoms with Crippen molar-refractivity contribution in [2.75, 3.05) is 17.7 Å². The maximum Gasteiger partial charge on any atom is 0.144 e. The fourth-order valence-corrected chi connectivity index (χ4v) is 2.64. The Balaban J connectivity index is 2.24. The van der Waals surface area contributed by atoms with E-state index in [1.165, 1.54) is 0 Å². The first-order chi connectivity index (χ1) is 11.6. The molecule has 120 valence electrons. The molecular weight excluding hydrogens is 300 g/mol. The molecule has 0 aliphatic rings. The molecule has 0 unspecified atom stereocenters. The van der Waals surface area contributed by atoms with E-state index in [-0.39, 0.29) is 0 Å².